The van der Waals surface area contributed by atoms with Crippen LogP contribution in [0.15, 0.2) is 18.5 Å². The van der Waals surface area contributed by atoms with Crippen LogP contribution in [0.5, 0.6) is 0 Å². The summed E-state index contributed by atoms with van der Waals surface area (Å²) in [6.45, 7) is 9.82. The van der Waals surface area contributed by atoms with Gasteiger partial charge in [-0.25, -0.2) is 4.68 Å². The number of fused-ring (bicyclic) bond motifs is 1. The number of aliphatic hydroxyl groups is 1. The van der Waals surface area contributed by atoms with E-state index < -0.39 is 23.6 Å². The number of carbonyl (C=O) groups excluding carboxylic acids is 2. The highest BCUT2D eigenvalue weighted by Gasteiger charge is 2.45. The van der Waals surface area contributed by atoms with Crippen LogP contribution >= 0.6 is 0 Å². The fraction of sp³-hybridized carbons (Fsp3) is 0.708. The quantitative estimate of drug-likeness (QED) is 0.588. The average molecular weight is 485 g/mol. The molecule has 190 valence electrons. The van der Waals surface area contributed by atoms with Crippen LogP contribution in [-0.2, 0) is 22.7 Å². The predicted octanol–water partition coefficient (Wildman–Crippen LogP) is 0.533. The molecule has 0 bridgehead atoms. The second kappa shape index (κ2) is 9.34. The molecule has 2 N–H and O–H groups in total. The molecule has 0 unspecified atom stereocenters. The van der Waals surface area contributed by atoms with Crippen LogP contribution in [0.2, 0.25) is 0 Å². The second-order valence-electron chi connectivity index (χ2n) is 11.2. The Morgan fingerprint density at radius 2 is 2.06 bits per heavy atom. The van der Waals surface area contributed by atoms with E-state index in [2.05, 4.69) is 25.6 Å². The van der Waals surface area contributed by atoms with Gasteiger partial charge in [-0.3, -0.25) is 19.2 Å². The monoisotopic (exact) mass is 484 g/mol. The SMILES string of the molecule is CC(C)(C)[C@@H](C(=O)N1C[C@H](O)C[C@H]1C(=O)NCCN1CCn2nccc2C1)n1cc(C2CC2)nn1. The Balaban J connectivity index is 1.23. The third-order valence-corrected chi connectivity index (χ3v) is 7.25. The Morgan fingerprint density at radius 1 is 1.26 bits per heavy atom. The molecule has 1 saturated carbocycles. The first-order valence-corrected chi connectivity index (χ1v) is 12.6. The number of likely N-dealkylation sites (tertiary alicyclic amines) is 1. The number of rotatable bonds is 7. The molecule has 2 aromatic heterocycles. The minimum atomic E-state index is -0.726. The number of aromatic nitrogens is 5. The number of β-amino-alcohol motifs (C(OH)–C–C–N with tert-alkyl or cyclic N) is 1. The molecule has 2 aliphatic heterocycles. The van der Waals surface area contributed by atoms with Gasteiger partial charge in [-0.1, -0.05) is 26.0 Å². The zero-order chi connectivity index (χ0) is 24.7. The number of nitrogens with zero attached hydrogens (tertiary/aromatic N) is 7. The van der Waals surface area contributed by atoms with Gasteiger partial charge < -0.3 is 15.3 Å². The van der Waals surface area contributed by atoms with E-state index in [4.69, 9.17) is 0 Å². The summed E-state index contributed by atoms with van der Waals surface area (Å²) in [6.07, 6.45) is 5.41. The molecule has 2 amide bonds. The van der Waals surface area contributed by atoms with E-state index in [0.29, 0.717) is 19.0 Å². The van der Waals surface area contributed by atoms with Crippen molar-refractivity contribution in [1.82, 2.24) is 39.9 Å². The molecular weight excluding hydrogens is 448 g/mol. The van der Waals surface area contributed by atoms with Crippen molar-refractivity contribution < 1.29 is 14.7 Å². The highest BCUT2D eigenvalue weighted by Crippen LogP contribution is 2.40. The predicted molar refractivity (Wildman–Crippen MR) is 127 cm³/mol. The van der Waals surface area contributed by atoms with E-state index >= 15 is 0 Å². The normalized spacial score (nSPS) is 23.8. The molecule has 2 fully saturated rings. The van der Waals surface area contributed by atoms with Crippen molar-refractivity contribution in [3.63, 3.8) is 0 Å². The van der Waals surface area contributed by atoms with Gasteiger partial charge in [-0.2, -0.15) is 5.10 Å². The van der Waals surface area contributed by atoms with Gasteiger partial charge in [0.25, 0.3) is 0 Å². The van der Waals surface area contributed by atoms with Crippen LogP contribution in [0.3, 0.4) is 0 Å². The van der Waals surface area contributed by atoms with Gasteiger partial charge in [0, 0.05) is 57.5 Å². The number of hydrogen-bond donors (Lipinski definition) is 2. The first kappa shape index (κ1) is 23.9. The topological polar surface area (TPSA) is 121 Å². The molecule has 0 aromatic carbocycles. The Hall–Kier alpha value is -2.79. The van der Waals surface area contributed by atoms with Gasteiger partial charge in [-0.15, -0.1) is 5.10 Å². The van der Waals surface area contributed by atoms with Crippen molar-refractivity contribution in [2.45, 2.75) is 77.2 Å². The van der Waals surface area contributed by atoms with E-state index in [1.807, 2.05) is 43.9 Å². The molecule has 3 atom stereocenters. The smallest absolute Gasteiger partial charge is 0.248 e. The molecule has 11 heteroatoms. The maximum Gasteiger partial charge on any atom is 0.248 e. The van der Waals surface area contributed by atoms with Crippen molar-refractivity contribution in [3.05, 3.63) is 29.8 Å². The molecule has 0 spiro atoms. The van der Waals surface area contributed by atoms with E-state index in [1.54, 1.807) is 4.68 Å². The highest BCUT2D eigenvalue weighted by atomic mass is 16.3. The van der Waals surface area contributed by atoms with Gasteiger partial charge in [0.2, 0.25) is 11.8 Å². The largest absolute Gasteiger partial charge is 0.391 e. The Labute approximate surface area is 205 Å². The summed E-state index contributed by atoms with van der Waals surface area (Å²) in [4.78, 5) is 30.7. The van der Waals surface area contributed by atoms with Crippen molar-refractivity contribution in [2.75, 3.05) is 26.2 Å². The lowest BCUT2D eigenvalue weighted by molar-refractivity contribution is -0.144. The zero-order valence-corrected chi connectivity index (χ0v) is 20.8. The summed E-state index contributed by atoms with van der Waals surface area (Å²) in [7, 11) is 0. The van der Waals surface area contributed by atoms with Gasteiger partial charge in [0.1, 0.15) is 12.1 Å². The lowest BCUT2D eigenvalue weighted by Crippen LogP contribution is -2.51. The molecule has 11 nitrogen and oxygen atoms in total. The first-order valence-electron chi connectivity index (χ1n) is 12.6. The summed E-state index contributed by atoms with van der Waals surface area (Å²) >= 11 is 0. The summed E-state index contributed by atoms with van der Waals surface area (Å²) in [5.41, 5.74) is 1.65. The van der Waals surface area contributed by atoms with Crippen LogP contribution in [0.4, 0.5) is 0 Å². The number of carbonyl (C=O) groups is 2. The maximum absolute atomic E-state index is 13.8. The third-order valence-electron chi connectivity index (χ3n) is 7.25. The number of hydrogen-bond acceptors (Lipinski definition) is 7. The van der Waals surface area contributed by atoms with Crippen LogP contribution in [0.1, 0.15) is 63.4 Å². The van der Waals surface area contributed by atoms with E-state index in [1.165, 1.54) is 10.6 Å². The minimum Gasteiger partial charge on any atom is -0.391 e. The van der Waals surface area contributed by atoms with E-state index in [-0.39, 0.29) is 24.8 Å². The van der Waals surface area contributed by atoms with Crippen LogP contribution < -0.4 is 5.32 Å². The molecular formula is C24H36N8O3. The van der Waals surface area contributed by atoms with Gasteiger partial charge in [0.15, 0.2) is 0 Å². The third kappa shape index (κ3) is 5.11. The van der Waals surface area contributed by atoms with Crippen LogP contribution in [0, 0.1) is 5.41 Å². The lowest BCUT2D eigenvalue weighted by atomic mass is 9.85. The Morgan fingerprint density at radius 3 is 2.80 bits per heavy atom. The van der Waals surface area contributed by atoms with Crippen molar-refractivity contribution in [3.8, 4) is 0 Å². The standard InChI is InChI=1S/C24H36N8O3/c1-24(2,3)21(32-15-19(27-28-32)16-4-5-16)23(35)30-14-18(33)12-20(30)22(34)25-8-9-29-10-11-31-17(13-29)6-7-26-31/h6-7,15-16,18,20-21,33H,4-5,8-14H2,1-3H3,(H,25,34)/t18-,20+,21-/m1/s1. The Bertz CT molecular complexity index is 1070. The molecule has 35 heavy (non-hydrogen) atoms. The first-order chi connectivity index (χ1) is 16.7. The molecule has 3 aliphatic rings. The van der Waals surface area contributed by atoms with Crippen LogP contribution in [-0.4, -0.2) is 89.8 Å². The van der Waals surface area contributed by atoms with Gasteiger partial charge in [-0.05, 0) is 24.3 Å². The van der Waals surface area contributed by atoms with Crippen LogP contribution in [0.25, 0.3) is 0 Å². The summed E-state index contributed by atoms with van der Waals surface area (Å²) in [6, 6.07) is 0.709. The van der Waals surface area contributed by atoms with Gasteiger partial charge >= 0.3 is 0 Å². The van der Waals surface area contributed by atoms with Gasteiger partial charge in [0.05, 0.1) is 24.0 Å². The number of amides is 2. The zero-order valence-electron chi connectivity index (χ0n) is 20.8. The number of aliphatic hydroxyl groups excluding tert-OH is 1. The maximum atomic E-state index is 13.8. The Kier molecular flexibility index (Phi) is 6.39. The number of nitrogens with one attached hydrogen (secondary N) is 1. The molecule has 1 aliphatic carbocycles. The molecule has 2 aromatic rings. The summed E-state index contributed by atoms with van der Waals surface area (Å²) < 4.78 is 3.66. The lowest BCUT2D eigenvalue weighted by Gasteiger charge is -2.34. The highest BCUT2D eigenvalue weighted by molar-refractivity contribution is 5.90. The van der Waals surface area contributed by atoms with Crippen molar-refractivity contribution in [2.24, 2.45) is 5.41 Å². The molecule has 4 heterocycles. The fourth-order valence-electron chi connectivity index (χ4n) is 5.21. The summed E-state index contributed by atoms with van der Waals surface area (Å²) in [5, 5.41) is 26.3. The van der Waals surface area contributed by atoms with E-state index in [9.17, 15) is 14.7 Å². The molecule has 5 rings (SSSR count). The summed E-state index contributed by atoms with van der Waals surface area (Å²) in [5.74, 6) is 0.0136. The minimum absolute atomic E-state index is 0.143. The second-order valence-corrected chi connectivity index (χ2v) is 11.2. The van der Waals surface area contributed by atoms with Crippen molar-refractivity contribution in [1.29, 1.82) is 0 Å². The van der Waals surface area contributed by atoms with E-state index in [0.717, 1.165) is 38.2 Å². The molecule has 0 radical (unpaired) electrons. The van der Waals surface area contributed by atoms with Crippen molar-refractivity contribution >= 4 is 11.8 Å². The molecule has 1 saturated heterocycles. The average Bonchev–Trinajstić information content (AvgIpc) is 3.18. The fourth-order valence-corrected chi connectivity index (χ4v) is 5.21.